The highest BCUT2D eigenvalue weighted by Crippen LogP contribution is 2.29. The van der Waals surface area contributed by atoms with E-state index in [1.807, 2.05) is 0 Å². The lowest BCUT2D eigenvalue weighted by Gasteiger charge is -2.19. The standard InChI is InChI=1S/C10H13ClN2O3S/c1-5(14)17-4-7(15)9(16)8-6(12)2-3-13-10(8)11/h2-3,7,9,15-16H,4H2,1H3,(H2,12,13). The molecule has 5 nitrogen and oxygen atoms in total. The fourth-order valence-electron chi connectivity index (χ4n) is 1.24. The van der Waals surface area contributed by atoms with Gasteiger partial charge in [0.25, 0.3) is 0 Å². The zero-order chi connectivity index (χ0) is 13.0. The zero-order valence-electron chi connectivity index (χ0n) is 9.13. The molecule has 94 valence electrons. The highest BCUT2D eigenvalue weighted by Gasteiger charge is 2.24. The van der Waals surface area contributed by atoms with Crippen LogP contribution in [0.2, 0.25) is 5.15 Å². The second kappa shape index (κ2) is 6.20. The lowest BCUT2D eigenvalue weighted by atomic mass is 10.1. The summed E-state index contributed by atoms with van der Waals surface area (Å²) in [6.07, 6.45) is -0.985. The Morgan fingerprint density at radius 3 is 2.82 bits per heavy atom. The molecule has 0 aliphatic heterocycles. The summed E-state index contributed by atoms with van der Waals surface area (Å²) in [6, 6.07) is 1.48. The number of pyridine rings is 1. The van der Waals surface area contributed by atoms with Gasteiger partial charge in [-0.3, -0.25) is 4.79 Å². The molecule has 1 aromatic rings. The predicted molar refractivity (Wildman–Crippen MR) is 67.8 cm³/mol. The zero-order valence-corrected chi connectivity index (χ0v) is 10.7. The first-order valence-electron chi connectivity index (χ1n) is 4.83. The van der Waals surface area contributed by atoms with Crippen molar-refractivity contribution in [3.8, 4) is 0 Å². The number of halogens is 1. The Morgan fingerprint density at radius 2 is 2.29 bits per heavy atom. The third-order valence-electron chi connectivity index (χ3n) is 2.09. The van der Waals surface area contributed by atoms with Gasteiger partial charge in [0.15, 0.2) is 5.12 Å². The number of aliphatic hydroxyl groups excluding tert-OH is 2. The molecule has 2 atom stereocenters. The molecule has 2 unspecified atom stereocenters. The van der Waals surface area contributed by atoms with Gasteiger partial charge in [-0.1, -0.05) is 23.4 Å². The number of hydrogen-bond acceptors (Lipinski definition) is 6. The minimum Gasteiger partial charge on any atom is -0.398 e. The van der Waals surface area contributed by atoms with Gasteiger partial charge in [-0.2, -0.15) is 0 Å². The van der Waals surface area contributed by atoms with Crippen molar-refractivity contribution >= 4 is 34.2 Å². The number of nitrogens with two attached hydrogens (primary N) is 1. The maximum absolute atomic E-state index is 10.7. The number of rotatable bonds is 4. The number of carbonyl (C=O) groups excluding carboxylic acids is 1. The van der Waals surface area contributed by atoms with Crippen LogP contribution in [-0.2, 0) is 4.79 Å². The lowest BCUT2D eigenvalue weighted by molar-refractivity contribution is -0.109. The van der Waals surface area contributed by atoms with Gasteiger partial charge in [-0.25, -0.2) is 4.98 Å². The number of nitrogen functional groups attached to an aromatic ring is 1. The Morgan fingerprint density at radius 1 is 1.65 bits per heavy atom. The van der Waals surface area contributed by atoms with Crippen LogP contribution in [0.1, 0.15) is 18.6 Å². The number of hydrogen-bond donors (Lipinski definition) is 3. The number of thioether (sulfide) groups is 1. The van der Waals surface area contributed by atoms with E-state index in [1.54, 1.807) is 0 Å². The second-order valence-corrected chi connectivity index (χ2v) is 4.97. The Labute approximate surface area is 108 Å². The molecular weight excluding hydrogens is 264 g/mol. The lowest BCUT2D eigenvalue weighted by Crippen LogP contribution is -2.23. The molecule has 1 rings (SSSR count). The van der Waals surface area contributed by atoms with E-state index in [9.17, 15) is 15.0 Å². The van der Waals surface area contributed by atoms with Crippen molar-refractivity contribution in [1.29, 1.82) is 0 Å². The normalized spacial score (nSPS) is 14.4. The van der Waals surface area contributed by atoms with Crippen LogP contribution >= 0.6 is 23.4 Å². The number of anilines is 1. The van der Waals surface area contributed by atoms with E-state index >= 15 is 0 Å². The van der Waals surface area contributed by atoms with E-state index in [2.05, 4.69) is 4.98 Å². The van der Waals surface area contributed by atoms with Gasteiger partial charge in [0.2, 0.25) is 0 Å². The van der Waals surface area contributed by atoms with E-state index in [-0.39, 0.29) is 27.3 Å². The Bertz CT molecular complexity index is 396. The van der Waals surface area contributed by atoms with Crippen molar-refractivity contribution in [2.45, 2.75) is 19.1 Å². The largest absolute Gasteiger partial charge is 0.398 e. The number of nitrogens with zero attached hydrogens (tertiary/aromatic N) is 1. The van der Waals surface area contributed by atoms with E-state index in [4.69, 9.17) is 17.3 Å². The van der Waals surface area contributed by atoms with E-state index in [0.717, 1.165) is 11.8 Å². The van der Waals surface area contributed by atoms with Crippen LogP contribution in [0.15, 0.2) is 12.3 Å². The molecule has 1 heterocycles. The first kappa shape index (κ1) is 14.2. The summed E-state index contributed by atoms with van der Waals surface area (Å²) in [7, 11) is 0. The fourth-order valence-corrected chi connectivity index (χ4v) is 2.11. The van der Waals surface area contributed by atoms with Crippen molar-refractivity contribution in [3.63, 3.8) is 0 Å². The summed E-state index contributed by atoms with van der Waals surface area (Å²) in [5.41, 5.74) is 6.09. The molecule has 1 aromatic heterocycles. The maximum Gasteiger partial charge on any atom is 0.185 e. The molecular formula is C10H13ClN2O3S. The molecule has 0 aliphatic rings. The Kier molecular flexibility index (Phi) is 5.20. The topological polar surface area (TPSA) is 96.4 Å². The van der Waals surface area contributed by atoms with E-state index in [1.165, 1.54) is 19.2 Å². The third kappa shape index (κ3) is 3.85. The first-order valence-corrected chi connectivity index (χ1v) is 6.19. The van der Waals surface area contributed by atoms with Gasteiger partial charge in [-0.05, 0) is 6.07 Å². The highest BCUT2D eigenvalue weighted by atomic mass is 35.5. The number of aliphatic hydroxyl groups is 2. The van der Waals surface area contributed by atoms with Crippen LogP contribution in [0.3, 0.4) is 0 Å². The number of carbonyl (C=O) groups is 1. The van der Waals surface area contributed by atoms with Crippen LogP contribution in [0, 0.1) is 0 Å². The molecule has 0 fully saturated rings. The number of aromatic nitrogens is 1. The molecule has 0 bridgehead atoms. The van der Waals surface area contributed by atoms with Crippen molar-refractivity contribution in [1.82, 2.24) is 4.98 Å². The Balaban J connectivity index is 2.81. The molecule has 0 aliphatic carbocycles. The van der Waals surface area contributed by atoms with E-state index < -0.39 is 12.2 Å². The molecule has 0 aromatic carbocycles. The molecule has 0 saturated heterocycles. The summed E-state index contributed by atoms with van der Waals surface area (Å²) < 4.78 is 0. The smallest absolute Gasteiger partial charge is 0.185 e. The monoisotopic (exact) mass is 276 g/mol. The third-order valence-corrected chi connectivity index (χ3v) is 3.31. The van der Waals surface area contributed by atoms with Gasteiger partial charge >= 0.3 is 0 Å². The van der Waals surface area contributed by atoms with Crippen molar-refractivity contribution in [2.75, 3.05) is 11.5 Å². The van der Waals surface area contributed by atoms with Gasteiger partial charge in [0.1, 0.15) is 11.3 Å². The van der Waals surface area contributed by atoms with Crippen LogP contribution in [0.25, 0.3) is 0 Å². The van der Waals surface area contributed by atoms with Gasteiger partial charge in [0, 0.05) is 30.1 Å². The van der Waals surface area contributed by atoms with Crippen LogP contribution in [0.4, 0.5) is 5.69 Å². The second-order valence-electron chi connectivity index (χ2n) is 3.42. The average molecular weight is 277 g/mol. The summed E-state index contributed by atoms with van der Waals surface area (Å²) in [5, 5.41) is 19.5. The summed E-state index contributed by atoms with van der Waals surface area (Å²) >= 11 is 6.72. The fraction of sp³-hybridized carbons (Fsp3) is 0.400. The van der Waals surface area contributed by atoms with Gasteiger partial charge in [0.05, 0.1) is 6.10 Å². The van der Waals surface area contributed by atoms with Gasteiger partial charge in [-0.15, -0.1) is 0 Å². The summed E-state index contributed by atoms with van der Waals surface area (Å²) in [4.78, 5) is 14.5. The average Bonchev–Trinajstić information content (AvgIpc) is 2.25. The molecule has 0 spiro atoms. The summed E-state index contributed by atoms with van der Waals surface area (Å²) in [6.45, 7) is 1.38. The highest BCUT2D eigenvalue weighted by molar-refractivity contribution is 8.13. The summed E-state index contributed by atoms with van der Waals surface area (Å²) in [5.74, 6) is 0.0706. The van der Waals surface area contributed by atoms with Crippen LogP contribution in [0.5, 0.6) is 0 Å². The maximum atomic E-state index is 10.7. The quantitative estimate of drug-likeness (QED) is 0.710. The van der Waals surface area contributed by atoms with E-state index in [0.29, 0.717) is 0 Å². The molecule has 0 radical (unpaired) electrons. The molecule has 0 amide bonds. The van der Waals surface area contributed by atoms with Crippen molar-refractivity contribution < 1.29 is 15.0 Å². The van der Waals surface area contributed by atoms with Gasteiger partial charge < -0.3 is 15.9 Å². The minimum atomic E-state index is -1.26. The molecule has 4 N–H and O–H groups in total. The van der Waals surface area contributed by atoms with Crippen LogP contribution in [-0.4, -0.2) is 32.2 Å². The molecule has 7 heteroatoms. The molecule has 0 saturated carbocycles. The van der Waals surface area contributed by atoms with Crippen LogP contribution < -0.4 is 5.73 Å². The molecule has 17 heavy (non-hydrogen) atoms. The first-order chi connectivity index (χ1) is 7.93. The minimum absolute atomic E-state index is 0.0457. The Hall–Kier alpha value is -0.820. The van der Waals surface area contributed by atoms with Crippen molar-refractivity contribution in [3.05, 3.63) is 23.0 Å². The van der Waals surface area contributed by atoms with Crippen molar-refractivity contribution in [2.24, 2.45) is 0 Å². The predicted octanol–water partition coefficient (Wildman–Crippen LogP) is 0.991. The SMILES string of the molecule is CC(=O)SCC(O)C(O)c1c(N)ccnc1Cl.